The van der Waals surface area contributed by atoms with Gasteiger partial charge in [-0.2, -0.15) is 0 Å². The lowest BCUT2D eigenvalue weighted by Crippen LogP contribution is -2.30. The molecule has 0 aromatic heterocycles. The fourth-order valence-corrected chi connectivity index (χ4v) is 2.29. The van der Waals surface area contributed by atoms with Crippen LogP contribution in [0, 0.1) is 17.3 Å². The predicted octanol–water partition coefficient (Wildman–Crippen LogP) is 3.48. The first kappa shape index (κ1) is 15.9. The maximum Gasteiger partial charge on any atom is 0.0574 e. The molecule has 0 bridgehead atoms. The van der Waals surface area contributed by atoms with Crippen molar-refractivity contribution in [2.24, 2.45) is 17.3 Å². The van der Waals surface area contributed by atoms with Crippen LogP contribution in [0.5, 0.6) is 0 Å². The number of hydrogen-bond donors (Lipinski definition) is 1. The van der Waals surface area contributed by atoms with Crippen molar-refractivity contribution >= 4 is 0 Å². The van der Waals surface area contributed by atoms with Gasteiger partial charge in [0.1, 0.15) is 0 Å². The maximum absolute atomic E-state index is 10.1. The van der Waals surface area contributed by atoms with Gasteiger partial charge in [0.05, 0.1) is 12.2 Å². The minimum absolute atomic E-state index is 0.192. The molecule has 0 saturated heterocycles. The van der Waals surface area contributed by atoms with Gasteiger partial charge in [0.15, 0.2) is 0 Å². The standard InChI is InChI=1S/C14H30O2/c1-10(2)13(11(3)16-7)8-12(15)9-14(4,5)6/h10-13,15H,8-9H2,1-7H3. The number of hydrogen-bond acceptors (Lipinski definition) is 2. The molecule has 2 nitrogen and oxygen atoms in total. The molecule has 98 valence electrons. The highest BCUT2D eigenvalue weighted by molar-refractivity contribution is 4.76. The molecule has 3 unspecified atom stereocenters. The van der Waals surface area contributed by atoms with Crippen LogP contribution in [0.2, 0.25) is 0 Å². The molecule has 0 heterocycles. The van der Waals surface area contributed by atoms with Crippen molar-refractivity contribution in [2.45, 2.75) is 66.6 Å². The molecule has 0 fully saturated rings. The van der Waals surface area contributed by atoms with E-state index in [1.54, 1.807) is 7.11 Å². The van der Waals surface area contributed by atoms with Crippen molar-refractivity contribution in [1.29, 1.82) is 0 Å². The number of aliphatic hydroxyl groups is 1. The van der Waals surface area contributed by atoms with Crippen molar-refractivity contribution in [3.05, 3.63) is 0 Å². The normalized spacial score (nSPS) is 18.6. The molecular formula is C14H30O2. The smallest absolute Gasteiger partial charge is 0.0574 e. The molecule has 0 aromatic carbocycles. The molecule has 16 heavy (non-hydrogen) atoms. The first-order valence-electron chi connectivity index (χ1n) is 6.38. The summed E-state index contributed by atoms with van der Waals surface area (Å²) in [6.45, 7) is 13.0. The lowest BCUT2D eigenvalue weighted by Gasteiger charge is -2.30. The summed E-state index contributed by atoms with van der Waals surface area (Å²) in [5, 5.41) is 10.1. The molecule has 0 aliphatic heterocycles. The van der Waals surface area contributed by atoms with Crippen LogP contribution in [0.15, 0.2) is 0 Å². The highest BCUT2D eigenvalue weighted by Crippen LogP contribution is 2.28. The van der Waals surface area contributed by atoms with Gasteiger partial charge < -0.3 is 9.84 Å². The summed E-state index contributed by atoms with van der Waals surface area (Å²) in [6, 6.07) is 0. The Kier molecular flexibility index (Phi) is 6.57. The van der Waals surface area contributed by atoms with Crippen LogP contribution >= 0.6 is 0 Å². The number of aliphatic hydroxyl groups excluding tert-OH is 1. The summed E-state index contributed by atoms with van der Waals surface area (Å²) < 4.78 is 5.39. The predicted molar refractivity (Wildman–Crippen MR) is 69.5 cm³/mol. The van der Waals surface area contributed by atoms with Gasteiger partial charge in [-0.1, -0.05) is 34.6 Å². The van der Waals surface area contributed by atoms with Crippen molar-refractivity contribution in [1.82, 2.24) is 0 Å². The lowest BCUT2D eigenvalue weighted by atomic mass is 9.81. The van der Waals surface area contributed by atoms with Crippen molar-refractivity contribution in [3.8, 4) is 0 Å². The Morgan fingerprint density at radius 2 is 1.62 bits per heavy atom. The van der Waals surface area contributed by atoms with E-state index in [9.17, 15) is 5.11 Å². The van der Waals surface area contributed by atoms with E-state index in [1.807, 2.05) is 0 Å². The zero-order chi connectivity index (χ0) is 12.9. The average Bonchev–Trinajstić information content (AvgIpc) is 2.09. The highest BCUT2D eigenvalue weighted by Gasteiger charge is 2.26. The van der Waals surface area contributed by atoms with Gasteiger partial charge in [0, 0.05) is 7.11 Å². The Labute approximate surface area is 101 Å². The summed E-state index contributed by atoms with van der Waals surface area (Å²) in [5.41, 5.74) is 0.192. The van der Waals surface area contributed by atoms with Gasteiger partial charge in [-0.05, 0) is 37.0 Å². The first-order valence-corrected chi connectivity index (χ1v) is 6.38. The summed E-state index contributed by atoms with van der Waals surface area (Å²) >= 11 is 0. The molecule has 1 N–H and O–H groups in total. The van der Waals surface area contributed by atoms with Gasteiger partial charge in [0.2, 0.25) is 0 Å². The van der Waals surface area contributed by atoms with Crippen LogP contribution in [0.1, 0.15) is 54.4 Å². The van der Waals surface area contributed by atoms with Gasteiger partial charge >= 0.3 is 0 Å². The summed E-state index contributed by atoms with van der Waals surface area (Å²) in [5.74, 6) is 0.979. The molecule has 0 saturated carbocycles. The lowest BCUT2D eigenvalue weighted by molar-refractivity contribution is 0.00882. The van der Waals surface area contributed by atoms with Crippen LogP contribution in [0.3, 0.4) is 0 Å². The molecule has 2 heteroatoms. The van der Waals surface area contributed by atoms with Crippen LogP contribution in [-0.2, 0) is 4.74 Å². The summed E-state index contributed by atoms with van der Waals surface area (Å²) in [7, 11) is 1.75. The zero-order valence-corrected chi connectivity index (χ0v) is 12.1. The van der Waals surface area contributed by atoms with Crippen molar-refractivity contribution in [3.63, 3.8) is 0 Å². The van der Waals surface area contributed by atoms with E-state index in [-0.39, 0.29) is 17.6 Å². The molecule has 0 rings (SSSR count). The Bertz CT molecular complexity index is 182. The number of ether oxygens (including phenoxy) is 1. The second-order valence-electron chi connectivity index (χ2n) is 6.50. The second kappa shape index (κ2) is 6.61. The van der Waals surface area contributed by atoms with Crippen molar-refractivity contribution in [2.75, 3.05) is 7.11 Å². The Hall–Kier alpha value is -0.0800. The van der Waals surface area contributed by atoms with Gasteiger partial charge in [-0.25, -0.2) is 0 Å². The van der Waals surface area contributed by atoms with E-state index >= 15 is 0 Å². The van der Waals surface area contributed by atoms with Gasteiger partial charge in [0.25, 0.3) is 0 Å². The van der Waals surface area contributed by atoms with Crippen LogP contribution in [-0.4, -0.2) is 24.4 Å². The topological polar surface area (TPSA) is 29.5 Å². The Balaban J connectivity index is 4.29. The monoisotopic (exact) mass is 230 g/mol. The minimum Gasteiger partial charge on any atom is -0.393 e. The summed E-state index contributed by atoms with van der Waals surface area (Å²) in [4.78, 5) is 0. The molecular weight excluding hydrogens is 200 g/mol. The third kappa shape index (κ3) is 6.49. The fourth-order valence-electron chi connectivity index (χ4n) is 2.29. The van der Waals surface area contributed by atoms with Crippen LogP contribution < -0.4 is 0 Å². The molecule has 0 spiro atoms. The van der Waals surface area contributed by atoms with Crippen LogP contribution in [0.25, 0.3) is 0 Å². The van der Waals surface area contributed by atoms with E-state index in [0.29, 0.717) is 11.8 Å². The number of rotatable bonds is 6. The Morgan fingerprint density at radius 3 is 1.94 bits per heavy atom. The average molecular weight is 230 g/mol. The van der Waals surface area contributed by atoms with E-state index < -0.39 is 0 Å². The summed E-state index contributed by atoms with van der Waals surface area (Å²) in [6.07, 6.45) is 1.69. The maximum atomic E-state index is 10.1. The third-order valence-corrected chi connectivity index (χ3v) is 3.22. The number of methoxy groups -OCH3 is 1. The van der Waals surface area contributed by atoms with E-state index in [2.05, 4.69) is 41.5 Å². The van der Waals surface area contributed by atoms with E-state index in [1.165, 1.54) is 0 Å². The molecule has 0 aliphatic carbocycles. The van der Waals surface area contributed by atoms with E-state index in [4.69, 9.17) is 4.74 Å². The van der Waals surface area contributed by atoms with Crippen molar-refractivity contribution < 1.29 is 9.84 Å². The Morgan fingerprint density at radius 1 is 1.12 bits per heavy atom. The third-order valence-electron chi connectivity index (χ3n) is 3.22. The SMILES string of the molecule is COC(C)C(CC(O)CC(C)(C)C)C(C)C. The molecule has 0 aromatic rings. The largest absolute Gasteiger partial charge is 0.393 e. The highest BCUT2D eigenvalue weighted by atomic mass is 16.5. The molecule has 0 radical (unpaired) electrons. The first-order chi connectivity index (χ1) is 7.17. The second-order valence-corrected chi connectivity index (χ2v) is 6.50. The van der Waals surface area contributed by atoms with Gasteiger partial charge in [-0.15, -0.1) is 0 Å². The minimum atomic E-state index is -0.218. The molecule has 3 atom stereocenters. The van der Waals surface area contributed by atoms with E-state index in [0.717, 1.165) is 12.8 Å². The molecule has 0 aliphatic rings. The van der Waals surface area contributed by atoms with Gasteiger partial charge in [-0.3, -0.25) is 0 Å². The quantitative estimate of drug-likeness (QED) is 0.757. The fraction of sp³-hybridized carbons (Fsp3) is 1.00. The van der Waals surface area contributed by atoms with Crippen LogP contribution in [0.4, 0.5) is 0 Å². The molecule has 0 amide bonds. The zero-order valence-electron chi connectivity index (χ0n) is 12.1.